The fraction of sp³-hybridized carbons (Fsp3) is 0.286. The van der Waals surface area contributed by atoms with Gasteiger partial charge in [0, 0.05) is 10.6 Å². The van der Waals surface area contributed by atoms with E-state index >= 15 is 0 Å². The van der Waals surface area contributed by atoms with E-state index in [2.05, 4.69) is 15.5 Å². The summed E-state index contributed by atoms with van der Waals surface area (Å²) in [6.45, 7) is 6.01. The molecule has 3 rings (SSSR count). The number of carbonyl (C=O) groups is 1. The molecule has 0 saturated carbocycles. The fourth-order valence-corrected chi connectivity index (χ4v) is 2.85. The van der Waals surface area contributed by atoms with Crippen LogP contribution < -0.4 is 10.1 Å². The van der Waals surface area contributed by atoms with Crippen LogP contribution in [0.3, 0.4) is 0 Å². The molecular formula is C21H22ClN3O3. The molecule has 0 aliphatic carbocycles. The van der Waals surface area contributed by atoms with Gasteiger partial charge in [0.1, 0.15) is 5.75 Å². The maximum absolute atomic E-state index is 12.5. The van der Waals surface area contributed by atoms with Crippen LogP contribution in [0.5, 0.6) is 5.75 Å². The van der Waals surface area contributed by atoms with E-state index < -0.39 is 6.10 Å². The van der Waals surface area contributed by atoms with Gasteiger partial charge in [0.15, 0.2) is 6.10 Å². The van der Waals surface area contributed by atoms with Crippen molar-refractivity contribution in [1.29, 1.82) is 0 Å². The predicted octanol–water partition coefficient (Wildman–Crippen LogP) is 4.48. The lowest BCUT2D eigenvalue weighted by Crippen LogP contribution is -2.37. The number of rotatable bonds is 7. The van der Waals surface area contributed by atoms with Crippen LogP contribution in [0.1, 0.15) is 30.4 Å². The molecule has 0 radical (unpaired) electrons. The largest absolute Gasteiger partial charge is 0.480 e. The summed E-state index contributed by atoms with van der Waals surface area (Å²) in [5, 5.41) is 7.36. The van der Waals surface area contributed by atoms with Crippen molar-refractivity contribution in [2.45, 2.75) is 39.8 Å². The predicted molar refractivity (Wildman–Crippen MR) is 107 cm³/mol. The van der Waals surface area contributed by atoms with Gasteiger partial charge in [-0.2, -0.15) is 4.98 Å². The Morgan fingerprint density at radius 1 is 1.21 bits per heavy atom. The van der Waals surface area contributed by atoms with Gasteiger partial charge < -0.3 is 14.6 Å². The molecule has 0 aliphatic rings. The fourth-order valence-electron chi connectivity index (χ4n) is 2.73. The third-order valence-electron chi connectivity index (χ3n) is 4.25. The molecule has 1 atom stereocenters. The highest BCUT2D eigenvalue weighted by Gasteiger charge is 2.20. The molecular weight excluding hydrogens is 378 g/mol. The Morgan fingerprint density at radius 2 is 1.96 bits per heavy atom. The van der Waals surface area contributed by atoms with Crippen LogP contribution >= 0.6 is 11.6 Å². The Balaban J connectivity index is 1.60. The van der Waals surface area contributed by atoms with Crippen molar-refractivity contribution in [1.82, 2.24) is 15.5 Å². The molecule has 2 aromatic carbocycles. The second kappa shape index (κ2) is 8.89. The summed E-state index contributed by atoms with van der Waals surface area (Å²) < 4.78 is 11.1. The first-order chi connectivity index (χ1) is 13.5. The zero-order chi connectivity index (χ0) is 20.1. The van der Waals surface area contributed by atoms with E-state index in [4.69, 9.17) is 20.9 Å². The number of nitrogens with one attached hydrogen (secondary N) is 1. The molecule has 7 heteroatoms. The minimum absolute atomic E-state index is 0.131. The van der Waals surface area contributed by atoms with Gasteiger partial charge in [-0.15, -0.1) is 0 Å². The van der Waals surface area contributed by atoms with Crippen molar-refractivity contribution in [3.05, 3.63) is 64.5 Å². The minimum atomic E-state index is -0.597. The lowest BCUT2D eigenvalue weighted by atomic mass is 10.1. The molecule has 146 valence electrons. The van der Waals surface area contributed by atoms with Crippen LogP contribution in [0.15, 0.2) is 47.0 Å². The van der Waals surface area contributed by atoms with Gasteiger partial charge in [0.2, 0.25) is 11.7 Å². The average molecular weight is 400 g/mol. The van der Waals surface area contributed by atoms with Gasteiger partial charge in [0.05, 0.1) is 6.54 Å². The number of aromatic nitrogens is 2. The van der Waals surface area contributed by atoms with Crippen LogP contribution in [-0.2, 0) is 11.3 Å². The first kappa shape index (κ1) is 19.9. The topological polar surface area (TPSA) is 77.2 Å². The summed E-state index contributed by atoms with van der Waals surface area (Å²) in [4.78, 5) is 16.8. The number of ether oxygens (including phenoxy) is 1. The molecule has 3 aromatic rings. The second-order valence-electron chi connectivity index (χ2n) is 6.52. The van der Waals surface area contributed by atoms with Crippen LogP contribution in [0.2, 0.25) is 5.02 Å². The maximum Gasteiger partial charge on any atom is 0.261 e. The van der Waals surface area contributed by atoms with Gasteiger partial charge in [-0.05, 0) is 56.2 Å². The molecule has 0 saturated heterocycles. The highest BCUT2D eigenvalue weighted by atomic mass is 35.5. The molecule has 1 N–H and O–H groups in total. The molecule has 1 aromatic heterocycles. The molecule has 0 bridgehead atoms. The van der Waals surface area contributed by atoms with Crippen molar-refractivity contribution in [3.8, 4) is 17.1 Å². The third kappa shape index (κ3) is 4.89. The van der Waals surface area contributed by atoms with E-state index in [-0.39, 0.29) is 12.5 Å². The maximum atomic E-state index is 12.5. The smallest absolute Gasteiger partial charge is 0.261 e. The first-order valence-corrected chi connectivity index (χ1v) is 9.44. The van der Waals surface area contributed by atoms with Gasteiger partial charge >= 0.3 is 0 Å². The number of benzene rings is 2. The standard InChI is InChI=1S/C21H22ClN3O3/c1-4-17(27-18-10-5-13(2)11-14(18)3)21(26)23-12-19-24-20(25-28-19)15-6-8-16(22)9-7-15/h5-11,17H,4,12H2,1-3H3,(H,23,26). The molecule has 0 aliphatic heterocycles. The summed E-state index contributed by atoms with van der Waals surface area (Å²) >= 11 is 5.88. The average Bonchev–Trinajstić information content (AvgIpc) is 3.15. The minimum Gasteiger partial charge on any atom is -0.480 e. The Morgan fingerprint density at radius 3 is 2.64 bits per heavy atom. The van der Waals surface area contributed by atoms with E-state index in [1.54, 1.807) is 24.3 Å². The molecule has 1 amide bonds. The number of carbonyl (C=O) groups excluding carboxylic acids is 1. The third-order valence-corrected chi connectivity index (χ3v) is 4.50. The van der Waals surface area contributed by atoms with Crippen molar-refractivity contribution in [3.63, 3.8) is 0 Å². The molecule has 1 heterocycles. The number of amides is 1. The Labute approximate surface area is 168 Å². The summed E-state index contributed by atoms with van der Waals surface area (Å²) in [7, 11) is 0. The SMILES string of the molecule is CCC(Oc1ccc(C)cc1C)C(=O)NCc1nc(-c2ccc(Cl)cc2)no1. The number of hydrogen-bond donors (Lipinski definition) is 1. The summed E-state index contributed by atoms with van der Waals surface area (Å²) in [5.74, 6) is 1.24. The zero-order valence-electron chi connectivity index (χ0n) is 16.0. The summed E-state index contributed by atoms with van der Waals surface area (Å²) in [6.07, 6.45) is -0.0565. The Hall–Kier alpha value is -2.86. The van der Waals surface area contributed by atoms with E-state index in [1.807, 2.05) is 39.0 Å². The van der Waals surface area contributed by atoms with Gasteiger partial charge in [-0.25, -0.2) is 0 Å². The molecule has 1 unspecified atom stereocenters. The van der Waals surface area contributed by atoms with Gasteiger partial charge in [-0.3, -0.25) is 4.79 Å². The van der Waals surface area contributed by atoms with E-state index in [1.165, 1.54) is 0 Å². The van der Waals surface area contributed by atoms with Crippen LogP contribution in [0.25, 0.3) is 11.4 Å². The number of hydrogen-bond acceptors (Lipinski definition) is 5. The molecule has 28 heavy (non-hydrogen) atoms. The van der Waals surface area contributed by atoms with Crippen molar-refractivity contribution in [2.24, 2.45) is 0 Å². The normalized spacial score (nSPS) is 11.9. The molecule has 0 fully saturated rings. The van der Waals surface area contributed by atoms with E-state index in [0.29, 0.717) is 28.9 Å². The number of aryl methyl sites for hydroxylation is 2. The van der Waals surface area contributed by atoms with E-state index in [0.717, 1.165) is 16.7 Å². The lowest BCUT2D eigenvalue weighted by Gasteiger charge is -2.18. The van der Waals surface area contributed by atoms with Crippen molar-refractivity contribution < 1.29 is 14.1 Å². The van der Waals surface area contributed by atoms with Crippen molar-refractivity contribution in [2.75, 3.05) is 0 Å². The lowest BCUT2D eigenvalue weighted by molar-refractivity contribution is -0.128. The molecule has 0 spiro atoms. The van der Waals surface area contributed by atoms with Gasteiger partial charge in [0.25, 0.3) is 5.91 Å². The molecule has 6 nitrogen and oxygen atoms in total. The zero-order valence-corrected chi connectivity index (χ0v) is 16.8. The van der Waals surface area contributed by atoms with Gasteiger partial charge in [-0.1, -0.05) is 41.4 Å². The van der Waals surface area contributed by atoms with E-state index in [9.17, 15) is 4.79 Å². The second-order valence-corrected chi connectivity index (χ2v) is 6.96. The Kier molecular flexibility index (Phi) is 6.31. The summed E-state index contributed by atoms with van der Waals surface area (Å²) in [6, 6.07) is 13.0. The Bertz CT molecular complexity index is 954. The number of nitrogens with zero attached hydrogens (tertiary/aromatic N) is 2. The monoisotopic (exact) mass is 399 g/mol. The van der Waals surface area contributed by atoms with Crippen LogP contribution in [0, 0.1) is 13.8 Å². The highest BCUT2D eigenvalue weighted by Crippen LogP contribution is 2.21. The van der Waals surface area contributed by atoms with Crippen LogP contribution in [-0.4, -0.2) is 22.2 Å². The van der Waals surface area contributed by atoms with Crippen LogP contribution in [0.4, 0.5) is 0 Å². The first-order valence-electron chi connectivity index (χ1n) is 9.06. The highest BCUT2D eigenvalue weighted by molar-refractivity contribution is 6.30. The number of halogens is 1. The van der Waals surface area contributed by atoms with Crippen molar-refractivity contribution >= 4 is 17.5 Å². The quantitative estimate of drug-likeness (QED) is 0.633. The summed E-state index contributed by atoms with van der Waals surface area (Å²) in [5.41, 5.74) is 2.93.